The Kier molecular flexibility index (Phi) is 6.24. The molecule has 0 aromatic heterocycles. The number of alkyl halides is 2. The Bertz CT molecular complexity index is 548. The van der Waals surface area contributed by atoms with Gasteiger partial charge in [0.15, 0.2) is 6.10 Å². The lowest BCUT2D eigenvalue weighted by Gasteiger charge is -2.13. The fraction of sp³-hybridized carbons (Fsp3) is 0.308. The molecule has 9 heteroatoms. The molecular weight excluding hydrogens is 302 g/mol. The van der Waals surface area contributed by atoms with Gasteiger partial charge in [-0.3, -0.25) is 10.1 Å². The van der Waals surface area contributed by atoms with Crippen molar-refractivity contribution in [2.75, 3.05) is 7.05 Å². The number of esters is 1. The standard InChI is InChI=1S/C13H14F2N2O5/c1-7(10(18)17-13(20)16-2)21-11(19)8-3-5-9(6-4-8)22-12(14)15/h3-7,12H,1-2H3,(H2,16,17,18,20)/t7-/m1/s1. The van der Waals surface area contributed by atoms with Crippen molar-refractivity contribution in [3.8, 4) is 5.75 Å². The second-order valence-electron chi connectivity index (χ2n) is 4.02. The molecule has 0 saturated heterocycles. The van der Waals surface area contributed by atoms with Crippen molar-refractivity contribution < 1.29 is 32.6 Å². The summed E-state index contributed by atoms with van der Waals surface area (Å²) in [5, 5.41) is 4.12. The minimum absolute atomic E-state index is 0.0428. The number of hydrogen-bond acceptors (Lipinski definition) is 5. The van der Waals surface area contributed by atoms with Crippen LogP contribution in [0.2, 0.25) is 0 Å². The molecule has 0 radical (unpaired) electrons. The molecule has 0 aliphatic heterocycles. The van der Waals surface area contributed by atoms with Gasteiger partial charge < -0.3 is 14.8 Å². The maximum Gasteiger partial charge on any atom is 0.387 e. The number of benzene rings is 1. The molecule has 0 spiro atoms. The first-order valence-electron chi connectivity index (χ1n) is 6.12. The van der Waals surface area contributed by atoms with Crippen LogP contribution in [0.15, 0.2) is 24.3 Å². The van der Waals surface area contributed by atoms with Crippen LogP contribution in [0.5, 0.6) is 5.75 Å². The minimum Gasteiger partial charge on any atom is -0.449 e. The molecule has 22 heavy (non-hydrogen) atoms. The van der Waals surface area contributed by atoms with Gasteiger partial charge in [0.2, 0.25) is 0 Å². The van der Waals surface area contributed by atoms with Gasteiger partial charge in [0.25, 0.3) is 5.91 Å². The molecule has 7 nitrogen and oxygen atoms in total. The second-order valence-corrected chi connectivity index (χ2v) is 4.02. The molecule has 1 aromatic rings. The second kappa shape index (κ2) is 7.91. The molecule has 0 bridgehead atoms. The van der Waals surface area contributed by atoms with E-state index in [1.165, 1.54) is 26.1 Å². The summed E-state index contributed by atoms with van der Waals surface area (Å²) >= 11 is 0. The van der Waals surface area contributed by atoms with Gasteiger partial charge in [0.05, 0.1) is 5.56 Å². The fourth-order valence-corrected chi connectivity index (χ4v) is 1.33. The van der Waals surface area contributed by atoms with E-state index in [1.807, 2.05) is 5.32 Å². The van der Waals surface area contributed by atoms with Crippen LogP contribution in [-0.4, -0.2) is 37.7 Å². The largest absolute Gasteiger partial charge is 0.449 e. The number of rotatable bonds is 5. The van der Waals surface area contributed by atoms with Crippen LogP contribution in [0.25, 0.3) is 0 Å². The highest BCUT2D eigenvalue weighted by molar-refractivity contribution is 5.98. The van der Waals surface area contributed by atoms with Gasteiger partial charge in [0.1, 0.15) is 5.75 Å². The van der Waals surface area contributed by atoms with Crippen molar-refractivity contribution in [2.24, 2.45) is 0 Å². The lowest BCUT2D eigenvalue weighted by Crippen LogP contribution is -2.43. The monoisotopic (exact) mass is 316 g/mol. The molecule has 0 aliphatic carbocycles. The predicted molar refractivity (Wildman–Crippen MR) is 70.5 cm³/mol. The van der Waals surface area contributed by atoms with Gasteiger partial charge in [-0.2, -0.15) is 8.78 Å². The predicted octanol–water partition coefficient (Wildman–Crippen LogP) is 1.29. The quantitative estimate of drug-likeness (QED) is 0.798. The Hall–Kier alpha value is -2.71. The summed E-state index contributed by atoms with van der Waals surface area (Å²) in [6.45, 7) is -1.68. The number of halogens is 2. The number of ether oxygens (including phenoxy) is 2. The molecule has 0 fully saturated rings. The van der Waals surface area contributed by atoms with E-state index in [2.05, 4.69) is 10.1 Å². The maximum absolute atomic E-state index is 12.0. The first-order valence-corrected chi connectivity index (χ1v) is 6.12. The summed E-state index contributed by atoms with van der Waals surface area (Å²) in [6, 6.07) is 4.02. The normalized spacial score (nSPS) is 11.5. The highest BCUT2D eigenvalue weighted by Gasteiger charge is 2.20. The van der Waals surface area contributed by atoms with Crippen LogP contribution in [0.4, 0.5) is 13.6 Å². The summed E-state index contributed by atoms with van der Waals surface area (Å²) in [4.78, 5) is 34.2. The molecule has 0 unspecified atom stereocenters. The Morgan fingerprint density at radius 3 is 2.23 bits per heavy atom. The number of hydrogen-bond donors (Lipinski definition) is 2. The molecule has 1 aromatic carbocycles. The van der Waals surface area contributed by atoms with Crippen LogP contribution in [-0.2, 0) is 9.53 Å². The molecule has 0 aliphatic rings. The molecule has 120 valence electrons. The first kappa shape index (κ1) is 17.3. The Labute approximate surface area is 124 Å². The summed E-state index contributed by atoms with van der Waals surface area (Å²) < 4.78 is 32.9. The summed E-state index contributed by atoms with van der Waals surface area (Å²) in [5.74, 6) is -1.76. The smallest absolute Gasteiger partial charge is 0.387 e. The van der Waals surface area contributed by atoms with E-state index in [4.69, 9.17) is 4.74 Å². The lowest BCUT2D eigenvalue weighted by molar-refractivity contribution is -0.127. The van der Waals surface area contributed by atoms with Crippen molar-refractivity contribution >= 4 is 17.9 Å². The third kappa shape index (κ3) is 5.35. The maximum atomic E-state index is 12.0. The van der Waals surface area contributed by atoms with Crippen LogP contribution in [0.3, 0.4) is 0 Å². The Morgan fingerprint density at radius 1 is 1.14 bits per heavy atom. The van der Waals surface area contributed by atoms with Crippen molar-refractivity contribution in [3.63, 3.8) is 0 Å². The Morgan fingerprint density at radius 2 is 1.73 bits per heavy atom. The number of imide groups is 1. The molecule has 1 atom stereocenters. The summed E-state index contributed by atoms with van der Waals surface area (Å²) in [7, 11) is 1.32. The zero-order chi connectivity index (χ0) is 16.7. The average molecular weight is 316 g/mol. The van der Waals surface area contributed by atoms with Gasteiger partial charge in [-0.15, -0.1) is 0 Å². The highest BCUT2D eigenvalue weighted by Crippen LogP contribution is 2.15. The third-order valence-corrected chi connectivity index (χ3v) is 2.43. The summed E-state index contributed by atoms with van der Waals surface area (Å²) in [5.41, 5.74) is 0.0428. The van der Waals surface area contributed by atoms with Crippen LogP contribution >= 0.6 is 0 Å². The molecule has 3 amide bonds. The number of urea groups is 1. The topological polar surface area (TPSA) is 93.7 Å². The molecule has 0 heterocycles. The van der Waals surface area contributed by atoms with Crippen LogP contribution in [0, 0.1) is 0 Å². The first-order chi connectivity index (χ1) is 10.3. The van der Waals surface area contributed by atoms with Gasteiger partial charge >= 0.3 is 18.6 Å². The third-order valence-electron chi connectivity index (χ3n) is 2.43. The van der Waals surface area contributed by atoms with Crippen LogP contribution < -0.4 is 15.4 Å². The minimum atomic E-state index is -2.97. The average Bonchev–Trinajstić information content (AvgIpc) is 2.46. The lowest BCUT2D eigenvalue weighted by atomic mass is 10.2. The van der Waals surface area contributed by atoms with Crippen molar-refractivity contribution in [1.82, 2.24) is 10.6 Å². The van der Waals surface area contributed by atoms with E-state index >= 15 is 0 Å². The van der Waals surface area contributed by atoms with Gasteiger partial charge in [0, 0.05) is 7.05 Å². The van der Waals surface area contributed by atoms with E-state index in [9.17, 15) is 23.2 Å². The van der Waals surface area contributed by atoms with Crippen LogP contribution in [0.1, 0.15) is 17.3 Å². The molecule has 2 N–H and O–H groups in total. The van der Waals surface area contributed by atoms with E-state index in [-0.39, 0.29) is 11.3 Å². The fourth-order valence-electron chi connectivity index (χ4n) is 1.33. The van der Waals surface area contributed by atoms with Crippen molar-refractivity contribution in [2.45, 2.75) is 19.6 Å². The van der Waals surface area contributed by atoms with E-state index in [0.29, 0.717) is 0 Å². The zero-order valence-corrected chi connectivity index (χ0v) is 11.8. The van der Waals surface area contributed by atoms with Gasteiger partial charge in [-0.1, -0.05) is 0 Å². The van der Waals surface area contributed by atoms with Gasteiger partial charge in [-0.05, 0) is 31.2 Å². The highest BCUT2D eigenvalue weighted by atomic mass is 19.3. The zero-order valence-electron chi connectivity index (χ0n) is 11.8. The van der Waals surface area contributed by atoms with Crippen molar-refractivity contribution in [1.29, 1.82) is 0 Å². The van der Waals surface area contributed by atoms with Crippen molar-refractivity contribution in [3.05, 3.63) is 29.8 Å². The number of nitrogens with one attached hydrogen (secondary N) is 2. The number of amides is 3. The van der Waals surface area contributed by atoms with Gasteiger partial charge in [-0.25, -0.2) is 9.59 Å². The number of carbonyl (C=O) groups is 3. The molecule has 0 saturated carbocycles. The molecular formula is C13H14F2N2O5. The van der Waals surface area contributed by atoms with E-state index in [1.54, 1.807) is 0 Å². The summed E-state index contributed by atoms with van der Waals surface area (Å²) in [6.07, 6.45) is -1.21. The SMILES string of the molecule is CNC(=O)NC(=O)[C@@H](C)OC(=O)c1ccc(OC(F)F)cc1. The number of carbonyl (C=O) groups excluding carboxylic acids is 3. The van der Waals surface area contributed by atoms with E-state index in [0.717, 1.165) is 12.1 Å². The Balaban J connectivity index is 2.60. The van der Waals surface area contributed by atoms with E-state index < -0.39 is 30.6 Å². The molecule has 1 rings (SSSR count).